The Labute approximate surface area is 79.6 Å². The molecule has 3 heteroatoms. The van der Waals surface area contributed by atoms with Crippen LogP contribution in [0, 0.1) is 5.92 Å². The minimum absolute atomic E-state index is 0.358. The second kappa shape index (κ2) is 3.12. The molecule has 0 radical (unpaired) electrons. The van der Waals surface area contributed by atoms with Crippen LogP contribution in [-0.2, 0) is 0 Å². The standard InChI is InChI=1S/C8H14Cl2Si/c1-11(2,3)8-6(4-5-9)7(8)10/h4-8H,1-3H3/b5-4+/t6-,7?,8+/m1/s1. The zero-order valence-corrected chi connectivity index (χ0v) is 9.65. The molecule has 0 aromatic heterocycles. The van der Waals surface area contributed by atoms with E-state index in [0.717, 1.165) is 5.54 Å². The molecule has 1 saturated carbocycles. The molecule has 0 bridgehead atoms. The molecule has 11 heavy (non-hydrogen) atoms. The molecule has 0 aromatic rings. The van der Waals surface area contributed by atoms with Crippen molar-refractivity contribution in [2.24, 2.45) is 5.92 Å². The maximum atomic E-state index is 6.11. The highest BCUT2D eigenvalue weighted by molar-refractivity contribution is 6.79. The van der Waals surface area contributed by atoms with Crippen molar-refractivity contribution in [3.05, 3.63) is 11.6 Å². The van der Waals surface area contributed by atoms with Crippen LogP contribution in [-0.4, -0.2) is 13.5 Å². The summed E-state index contributed by atoms with van der Waals surface area (Å²) in [4.78, 5) is 0. The Balaban J connectivity index is 2.55. The first-order chi connectivity index (χ1) is 4.98. The highest BCUT2D eigenvalue weighted by Crippen LogP contribution is 2.56. The van der Waals surface area contributed by atoms with Gasteiger partial charge in [-0.05, 0) is 11.5 Å². The monoisotopic (exact) mass is 208 g/mol. The van der Waals surface area contributed by atoms with Crippen LogP contribution >= 0.6 is 23.2 Å². The second-order valence-electron chi connectivity index (χ2n) is 4.23. The Kier molecular flexibility index (Phi) is 2.73. The molecule has 3 atom stereocenters. The highest BCUT2D eigenvalue weighted by atomic mass is 35.5. The fraction of sp³-hybridized carbons (Fsp3) is 0.750. The number of hydrogen-bond donors (Lipinski definition) is 0. The smallest absolute Gasteiger partial charge is 0.0498 e. The Morgan fingerprint density at radius 3 is 2.09 bits per heavy atom. The van der Waals surface area contributed by atoms with Crippen molar-refractivity contribution >= 4 is 31.3 Å². The number of rotatable bonds is 2. The topological polar surface area (TPSA) is 0 Å². The first-order valence-electron chi connectivity index (χ1n) is 3.89. The Morgan fingerprint density at radius 1 is 1.27 bits per heavy atom. The van der Waals surface area contributed by atoms with Crippen molar-refractivity contribution in [3.8, 4) is 0 Å². The molecule has 0 spiro atoms. The van der Waals surface area contributed by atoms with E-state index in [2.05, 4.69) is 19.6 Å². The largest absolute Gasteiger partial charge is 0.122 e. The molecular weight excluding hydrogens is 195 g/mol. The van der Waals surface area contributed by atoms with Crippen molar-refractivity contribution in [1.29, 1.82) is 0 Å². The lowest BCUT2D eigenvalue weighted by Gasteiger charge is -2.14. The summed E-state index contributed by atoms with van der Waals surface area (Å²) >= 11 is 11.6. The normalized spacial score (nSPS) is 38.1. The summed E-state index contributed by atoms with van der Waals surface area (Å²) in [6, 6.07) is 0. The van der Waals surface area contributed by atoms with Crippen LogP contribution in [0.25, 0.3) is 0 Å². The van der Waals surface area contributed by atoms with E-state index in [-0.39, 0.29) is 0 Å². The predicted molar refractivity (Wildman–Crippen MR) is 55.2 cm³/mol. The van der Waals surface area contributed by atoms with Crippen LogP contribution in [0.5, 0.6) is 0 Å². The minimum Gasteiger partial charge on any atom is -0.122 e. The average Bonchev–Trinajstić information content (AvgIpc) is 2.41. The third-order valence-corrected chi connectivity index (χ3v) is 5.94. The molecule has 0 N–H and O–H groups in total. The first-order valence-corrected chi connectivity index (χ1v) is 8.34. The van der Waals surface area contributed by atoms with Crippen molar-refractivity contribution < 1.29 is 0 Å². The summed E-state index contributed by atoms with van der Waals surface area (Å²) < 4.78 is 0. The fourth-order valence-corrected chi connectivity index (χ4v) is 5.95. The van der Waals surface area contributed by atoms with E-state index in [1.54, 1.807) is 5.54 Å². The molecule has 0 nitrogen and oxygen atoms in total. The molecule has 1 aliphatic carbocycles. The van der Waals surface area contributed by atoms with E-state index >= 15 is 0 Å². The van der Waals surface area contributed by atoms with Gasteiger partial charge in [-0.3, -0.25) is 0 Å². The molecule has 1 rings (SSSR count). The summed E-state index contributed by atoms with van der Waals surface area (Å²) in [6.07, 6.45) is 2.03. The van der Waals surface area contributed by atoms with E-state index < -0.39 is 8.07 Å². The highest BCUT2D eigenvalue weighted by Gasteiger charge is 2.53. The van der Waals surface area contributed by atoms with Crippen LogP contribution in [0.4, 0.5) is 0 Å². The van der Waals surface area contributed by atoms with Gasteiger partial charge in [0.15, 0.2) is 0 Å². The van der Waals surface area contributed by atoms with Gasteiger partial charge in [0.2, 0.25) is 0 Å². The lowest BCUT2D eigenvalue weighted by atomic mass is 10.4. The van der Waals surface area contributed by atoms with E-state index in [1.165, 1.54) is 0 Å². The van der Waals surface area contributed by atoms with E-state index in [4.69, 9.17) is 23.2 Å². The molecule has 1 fully saturated rings. The molecule has 0 heterocycles. The molecule has 0 aromatic carbocycles. The van der Waals surface area contributed by atoms with Gasteiger partial charge in [-0.1, -0.05) is 37.3 Å². The predicted octanol–water partition coefficient (Wildman–Crippen LogP) is 3.68. The minimum atomic E-state index is -1.03. The van der Waals surface area contributed by atoms with Gasteiger partial charge >= 0.3 is 0 Å². The molecule has 1 unspecified atom stereocenters. The third-order valence-electron chi connectivity index (χ3n) is 2.28. The molecular formula is C8H14Cl2Si. The maximum Gasteiger partial charge on any atom is 0.0498 e. The third kappa shape index (κ3) is 2.01. The van der Waals surface area contributed by atoms with Crippen LogP contribution in [0.15, 0.2) is 11.6 Å². The average molecular weight is 209 g/mol. The first kappa shape index (κ1) is 9.62. The fourth-order valence-electron chi connectivity index (χ4n) is 1.66. The molecule has 0 aliphatic heterocycles. The lowest BCUT2D eigenvalue weighted by molar-refractivity contribution is 1.10. The van der Waals surface area contributed by atoms with Crippen LogP contribution < -0.4 is 0 Å². The lowest BCUT2D eigenvalue weighted by Crippen LogP contribution is -2.21. The number of alkyl halides is 1. The van der Waals surface area contributed by atoms with Crippen LogP contribution in [0.1, 0.15) is 0 Å². The summed E-state index contributed by atoms with van der Waals surface area (Å²) in [5.41, 5.74) is 2.33. The van der Waals surface area contributed by atoms with Gasteiger partial charge in [0.05, 0.1) is 0 Å². The Bertz CT molecular complexity index is 171. The Morgan fingerprint density at radius 2 is 1.82 bits per heavy atom. The molecule has 64 valence electrons. The summed E-state index contributed by atoms with van der Waals surface area (Å²) in [5.74, 6) is 0.556. The van der Waals surface area contributed by atoms with Crippen molar-refractivity contribution in [2.45, 2.75) is 30.6 Å². The van der Waals surface area contributed by atoms with Crippen LogP contribution in [0.3, 0.4) is 0 Å². The van der Waals surface area contributed by atoms with Gasteiger partial charge < -0.3 is 0 Å². The van der Waals surface area contributed by atoms with Gasteiger partial charge in [-0.15, -0.1) is 11.6 Å². The summed E-state index contributed by atoms with van der Waals surface area (Å²) in [5, 5.41) is 0.358. The van der Waals surface area contributed by atoms with Gasteiger partial charge in [0.25, 0.3) is 0 Å². The molecule has 0 amide bonds. The quantitative estimate of drug-likeness (QED) is 0.480. The van der Waals surface area contributed by atoms with Crippen molar-refractivity contribution in [1.82, 2.24) is 0 Å². The van der Waals surface area contributed by atoms with Crippen molar-refractivity contribution in [2.75, 3.05) is 0 Å². The Hall–Kier alpha value is 0.537. The van der Waals surface area contributed by atoms with Crippen molar-refractivity contribution in [3.63, 3.8) is 0 Å². The van der Waals surface area contributed by atoms with Gasteiger partial charge in [-0.2, -0.15) is 0 Å². The van der Waals surface area contributed by atoms with E-state index in [0.29, 0.717) is 11.3 Å². The summed E-state index contributed by atoms with van der Waals surface area (Å²) in [7, 11) is -1.03. The molecule has 0 saturated heterocycles. The number of hydrogen-bond acceptors (Lipinski definition) is 0. The number of halogens is 2. The van der Waals surface area contributed by atoms with E-state index in [9.17, 15) is 0 Å². The number of allylic oxidation sites excluding steroid dienone is 1. The summed E-state index contributed by atoms with van der Waals surface area (Å²) in [6.45, 7) is 7.07. The van der Waals surface area contributed by atoms with Gasteiger partial charge in [-0.25, -0.2) is 0 Å². The zero-order chi connectivity index (χ0) is 8.65. The van der Waals surface area contributed by atoms with Gasteiger partial charge in [0.1, 0.15) is 0 Å². The second-order valence-corrected chi connectivity index (χ2v) is 10.4. The van der Waals surface area contributed by atoms with Gasteiger partial charge in [0, 0.05) is 19.0 Å². The van der Waals surface area contributed by atoms with Crippen LogP contribution in [0.2, 0.25) is 25.2 Å². The maximum absolute atomic E-state index is 6.11. The molecule has 1 aliphatic rings. The van der Waals surface area contributed by atoms with E-state index in [1.807, 2.05) is 6.08 Å². The SMILES string of the molecule is C[Si](C)(C)[C@@H]1C(Cl)[C@H]1/C=C/Cl. The zero-order valence-electron chi connectivity index (χ0n) is 7.14.